The lowest BCUT2D eigenvalue weighted by Gasteiger charge is -2.05. The molecule has 6 heteroatoms. The van der Waals surface area contributed by atoms with Gasteiger partial charge < -0.3 is 9.84 Å². The van der Waals surface area contributed by atoms with Crippen LogP contribution in [-0.2, 0) is 9.53 Å². The first-order chi connectivity index (χ1) is 9.61. The number of fused-ring (bicyclic) bond motifs is 1. The highest BCUT2D eigenvalue weighted by Gasteiger charge is 2.10. The van der Waals surface area contributed by atoms with Crippen molar-refractivity contribution in [1.82, 2.24) is 4.98 Å². The summed E-state index contributed by atoms with van der Waals surface area (Å²) in [5, 5.41) is 10.3. The van der Waals surface area contributed by atoms with Crippen molar-refractivity contribution in [3.05, 3.63) is 35.9 Å². The Kier molecular flexibility index (Phi) is 4.57. The second kappa shape index (κ2) is 6.38. The number of pyridine rings is 1. The summed E-state index contributed by atoms with van der Waals surface area (Å²) >= 11 is 1.26. The number of hydrogen-bond acceptors (Lipinski definition) is 5. The van der Waals surface area contributed by atoms with Gasteiger partial charge in [0.15, 0.2) is 0 Å². The van der Waals surface area contributed by atoms with E-state index in [1.807, 2.05) is 0 Å². The van der Waals surface area contributed by atoms with Crippen LogP contribution in [0.25, 0.3) is 10.9 Å². The second-order valence-electron chi connectivity index (χ2n) is 3.92. The van der Waals surface area contributed by atoms with Gasteiger partial charge in [-0.05, 0) is 31.2 Å². The number of carbonyl (C=O) groups is 2. The van der Waals surface area contributed by atoms with Crippen molar-refractivity contribution in [2.75, 3.05) is 12.4 Å². The Hall–Kier alpha value is -2.08. The number of thioether (sulfide) groups is 1. The van der Waals surface area contributed by atoms with Gasteiger partial charge in [0.2, 0.25) is 0 Å². The Bertz CT molecular complexity index is 657. The minimum absolute atomic E-state index is 0.185. The molecule has 1 heterocycles. The van der Waals surface area contributed by atoms with Crippen LogP contribution >= 0.6 is 11.8 Å². The van der Waals surface area contributed by atoms with Gasteiger partial charge >= 0.3 is 11.9 Å². The van der Waals surface area contributed by atoms with Gasteiger partial charge in [0, 0.05) is 5.39 Å². The Morgan fingerprint density at radius 1 is 1.30 bits per heavy atom. The summed E-state index contributed by atoms with van der Waals surface area (Å²) in [4.78, 5) is 26.7. The van der Waals surface area contributed by atoms with Crippen LogP contribution in [0.1, 0.15) is 17.3 Å². The summed E-state index contributed by atoms with van der Waals surface area (Å²) in [7, 11) is 0. The summed E-state index contributed by atoms with van der Waals surface area (Å²) in [5.74, 6) is -1.09. The molecular weight excluding hydrogens is 278 g/mol. The van der Waals surface area contributed by atoms with Gasteiger partial charge in [-0.2, -0.15) is 0 Å². The summed E-state index contributed by atoms with van der Waals surface area (Å²) in [6.07, 6.45) is 0. The van der Waals surface area contributed by atoms with Crippen LogP contribution in [0.15, 0.2) is 35.4 Å². The highest BCUT2D eigenvalue weighted by atomic mass is 32.2. The summed E-state index contributed by atoms with van der Waals surface area (Å²) in [6, 6.07) is 8.35. The lowest BCUT2D eigenvalue weighted by atomic mass is 10.1. The molecule has 0 bridgehead atoms. The molecule has 104 valence electrons. The van der Waals surface area contributed by atoms with E-state index in [1.54, 1.807) is 31.2 Å². The Labute approximate surface area is 120 Å². The number of carbonyl (C=O) groups excluding carboxylic acids is 1. The SMILES string of the molecule is CCOC(=O)CSc1ccc2c(C(=O)O)cccc2n1. The zero-order valence-corrected chi connectivity index (χ0v) is 11.6. The monoisotopic (exact) mass is 291 g/mol. The molecular formula is C14H13NO4S. The first kappa shape index (κ1) is 14.3. The predicted molar refractivity (Wildman–Crippen MR) is 76.1 cm³/mol. The van der Waals surface area contributed by atoms with Crippen LogP contribution in [0.3, 0.4) is 0 Å². The van der Waals surface area contributed by atoms with Crippen LogP contribution in [-0.4, -0.2) is 34.4 Å². The van der Waals surface area contributed by atoms with Crippen molar-refractivity contribution in [2.45, 2.75) is 11.9 Å². The fourth-order valence-electron chi connectivity index (χ4n) is 1.74. The van der Waals surface area contributed by atoms with Gasteiger partial charge in [0.05, 0.1) is 28.5 Å². The number of rotatable bonds is 5. The maximum Gasteiger partial charge on any atom is 0.336 e. The predicted octanol–water partition coefficient (Wildman–Crippen LogP) is 2.59. The first-order valence-electron chi connectivity index (χ1n) is 6.03. The van der Waals surface area contributed by atoms with E-state index in [9.17, 15) is 9.59 Å². The van der Waals surface area contributed by atoms with Crippen LogP contribution < -0.4 is 0 Å². The van der Waals surface area contributed by atoms with E-state index in [2.05, 4.69) is 4.98 Å². The molecule has 2 aromatic rings. The molecule has 0 saturated carbocycles. The van der Waals surface area contributed by atoms with Gasteiger partial charge in [0.25, 0.3) is 0 Å². The molecule has 0 aliphatic rings. The number of carboxylic acid groups (broad SMARTS) is 1. The van der Waals surface area contributed by atoms with E-state index in [0.29, 0.717) is 22.5 Å². The van der Waals surface area contributed by atoms with Gasteiger partial charge in [-0.25, -0.2) is 9.78 Å². The van der Waals surface area contributed by atoms with Crippen molar-refractivity contribution >= 4 is 34.6 Å². The number of esters is 1. The van der Waals surface area contributed by atoms with Crippen molar-refractivity contribution in [3.63, 3.8) is 0 Å². The number of nitrogens with zero attached hydrogens (tertiary/aromatic N) is 1. The Balaban J connectivity index is 2.22. The quantitative estimate of drug-likeness (QED) is 0.674. The number of carboxylic acids is 1. The van der Waals surface area contributed by atoms with E-state index in [-0.39, 0.29) is 17.3 Å². The molecule has 0 radical (unpaired) electrons. The number of benzene rings is 1. The van der Waals surface area contributed by atoms with Crippen molar-refractivity contribution in [2.24, 2.45) is 0 Å². The largest absolute Gasteiger partial charge is 0.478 e. The first-order valence-corrected chi connectivity index (χ1v) is 7.02. The third kappa shape index (κ3) is 3.27. The van der Waals surface area contributed by atoms with E-state index in [0.717, 1.165) is 0 Å². The molecule has 0 aliphatic carbocycles. The molecule has 2 rings (SSSR count). The minimum atomic E-state index is -0.982. The molecule has 20 heavy (non-hydrogen) atoms. The van der Waals surface area contributed by atoms with E-state index < -0.39 is 5.97 Å². The lowest BCUT2D eigenvalue weighted by Crippen LogP contribution is -2.06. The van der Waals surface area contributed by atoms with Gasteiger partial charge in [0.1, 0.15) is 0 Å². The smallest absolute Gasteiger partial charge is 0.336 e. The van der Waals surface area contributed by atoms with Crippen molar-refractivity contribution < 1.29 is 19.4 Å². The molecule has 5 nitrogen and oxygen atoms in total. The molecule has 0 amide bonds. The molecule has 0 spiro atoms. The topological polar surface area (TPSA) is 76.5 Å². The van der Waals surface area contributed by atoms with Crippen LogP contribution in [0, 0.1) is 0 Å². The highest BCUT2D eigenvalue weighted by molar-refractivity contribution is 7.99. The zero-order chi connectivity index (χ0) is 14.5. The molecule has 1 N–H and O–H groups in total. The normalized spacial score (nSPS) is 10.4. The number of hydrogen-bond donors (Lipinski definition) is 1. The van der Waals surface area contributed by atoms with E-state index in [4.69, 9.17) is 9.84 Å². The standard InChI is InChI=1S/C14H13NO4S/c1-2-19-13(16)8-20-12-7-6-9-10(14(17)18)4-3-5-11(9)15-12/h3-7H,2,8H2,1H3,(H,17,18). The molecule has 1 aromatic heterocycles. The Morgan fingerprint density at radius 2 is 2.10 bits per heavy atom. The summed E-state index contributed by atoms with van der Waals surface area (Å²) < 4.78 is 4.84. The third-order valence-corrected chi connectivity index (χ3v) is 3.48. The average Bonchev–Trinajstić information content (AvgIpc) is 2.44. The zero-order valence-electron chi connectivity index (χ0n) is 10.8. The fourth-order valence-corrected chi connectivity index (χ4v) is 2.41. The average molecular weight is 291 g/mol. The Morgan fingerprint density at radius 3 is 2.80 bits per heavy atom. The molecule has 0 unspecified atom stereocenters. The maximum absolute atomic E-state index is 11.3. The number of ether oxygens (including phenoxy) is 1. The van der Waals surface area contributed by atoms with Crippen LogP contribution in [0.4, 0.5) is 0 Å². The summed E-state index contributed by atoms with van der Waals surface area (Å²) in [6.45, 7) is 2.11. The second-order valence-corrected chi connectivity index (χ2v) is 4.92. The van der Waals surface area contributed by atoms with Gasteiger partial charge in [-0.15, -0.1) is 0 Å². The van der Waals surface area contributed by atoms with Gasteiger partial charge in [-0.1, -0.05) is 17.8 Å². The highest BCUT2D eigenvalue weighted by Crippen LogP contribution is 2.22. The molecule has 0 saturated heterocycles. The number of aromatic carboxylic acids is 1. The minimum Gasteiger partial charge on any atom is -0.478 e. The van der Waals surface area contributed by atoms with Gasteiger partial charge in [-0.3, -0.25) is 4.79 Å². The molecule has 0 aliphatic heterocycles. The lowest BCUT2D eigenvalue weighted by molar-refractivity contribution is -0.139. The number of aromatic nitrogens is 1. The van der Waals surface area contributed by atoms with Crippen molar-refractivity contribution in [1.29, 1.82) is 0 Å². The van der Waals surface area contributed by atoms with Crippen molar-refractivity contribution in [3.8, 4) is 0 Å². The molecule has 0 fully saturated rings. The van der Waals surface area contributed by atoms with Crippen LogP contribution in [0.2, 0.25) is 0 Å². The molecule has 1 aromatic carbocycles. The van der Waals surface area contributed by atoms with Crippen LogP contribution in [0.5, 0.6) is 0 Å². The maximum atomic E-state index is 11.3. The van der Waals surface area contributed by atoms with E-state index in [1.165, 1.54) is 17.8 Å². The molecule has 0 atom stereocenters. The summed E-state index contributed by atoms with van der Waals surface area (Å²) in [5.41, 5.74) is 0.815. The van der Waals surface area contributed by atoms with E-state index >= 15 is 0 Å². The third-order valence-electron chi connectivity index (χ3n) is 2.58. The fraction of sp³-hybridized carbons (Fsp3) is 0.214.